The lowest BCUT2D eigenvalue weighted by molar-refractivity contribution is -0.126. The van der Waals surface area contributed by atoms with Crippen LogP contribution in [0.3, 0.4) is 0 Å². The summed E-state index contributed by atoms with van der Waals surface area (Å²) in [4.78, 5) is 29.9. The van der Waals surface area contributed by atoms with Gasteiger partial charge in [0.2, 0.25) is 11.8 Å². The maximum Gasteiger partial charge on any atom is 0.227 e. The number of carbonyl (C=O) groups excluding carboxylic acids is 2. The SMILES string of the molecule is O=C(NCCn1ccnc1)[C@H]1CC(=O)N(c2cccc(Cl)c2)C1. The van der Waals surface area contributed by atoms with Gasteiger partial charge in [-0.2, -0.15) is 0 Å². The molecule has 7 heteroatoms. The average molecular weight is 333 g/mol. The second kappa shape index (κ2) is 6.83. The van der Waals surface area contributed by atoms with Crippen LogP contribution in [0.25, 0.3) is 0 Å². The van der Waals surface area contributed by atoms with Crippen LogP contribution in [0.15, 0.2) is 43.0 Å². The van der Waals surface area contributed by atoms with Gasteiger partial charge in [-0.25, -0.2) is 4.98 Å². The molecule has 1 aliphatic rings. The monoisotopic (exact) mass is 332 g/mol. The Labute approximate surface area is 139 Å². The first kappa shape index (κ1) is 15.6. The topological polar surface area (TPSA) is 67.2 Å². The fraction of sp³-hybridized carbons (Fsp3) is 0.312. The Kier molecular flexibility index (Phi) is 4.62. The number of rotatable bonds is 5. The van der Waals surface area contributed by atoms with E-state index in [4.69, 9.17) is 11.6 Å². The van der Waals surface area contributed by atoms with Crippen LogP contribution in [0.1, 0.15) is 6.42 Å². The Morgan fingerprint density at radius 1 is 1.43 bits per heavy atom. The average Bonchev–Trinajstić information content (AvgIpc) is 3.16. The first-order valence-electron chi connectivity index (χ1n) is 7.43. The lowest BCUT2D eigenvalue weighted by Crippen LogP contribution is -2.34. The minimum Gasteiger partial charge on any atom is -0.354 e. The zero-order chi connectivity index (χ0) is 16.2. The number of halogens is 1. The molecule has 1 fully saturated rings. The number of hydrogen-bond donors (Lipinski definition) is 1. The summed E-state index contributed by atoms with van der Waals surface area (Å²) in [5.41, 5.74) is 0.733. The van der Waals surface area contributed by atoms with Gasteiger partial charge in [0.25, 0.3) is 0 Å². The van der Waals surface area contributed by atoms with E-state index in [1.807, 2.05) is 16.8 Å². The van der Waals surface area contributed by atoms with Crippen LogP contribution in [0.4, 0.5) is 5.69 Å². The van der Waals surface area contributed by atoms with Gasteiger partial charge >= 0.3 is 0 Å². The number of aromatic nitrogens is 2. The van der Waals surface area contributed by atoms with Crippen molar-refractivity contribution >= 4 is 29.1 Å². The zero-order valence-corrected chi connectivity index (χ0v) is 13.2. The van der Waals surface area contributed by atoms with E-state index in [9.17, 15) is 9.59 Å². The van der Waals surface area contributed by atoms with E-state index >= 15 is 0 Å². The van der Waals surface area contributed by atoms with Crippen LogP contribution in [0.2, 0.25) is 5.02 Å². The van der Waals surface area contributed by atoms with Crippen molar-refractivity contribution in [1.29, 1.82) is 0 Å². The predicted octanol–water partition coefficient (Wildman–Crippen LogP) is 1.71. The summed E-state index contributed by atoms with van der Waals surface area (Å²) in [7, 11) is 0. The second-order valence-electron chi connectivity index (χ2n) is 5.48. The fourth-order valence-electron chi connectivity index (χ4n) is 2.65. The van der Waals surface area contributed by atoms with Crippen molar-refractivity contribution in [3.05, 3.63) is 48.0 Å². The number of hydrogen-bond acceptors (Lipinski definition) is 3. The van der Waals surface area contributed by atoms with Crippen LogP contribution in [0.5, 0.6) is 0 Å². The molecular weight excluding hydrogens is 316 g/mol. The minimum atomic E-state index is -0.329. The van der Waals surface area contributed by atoms with Gasteiger partial charge < -0.3 is 14.8 Å². The Balaban J connectivity index is 1.55. The van der Waals surface area contributed by atoms with E-state index in [1.165, 1.54) is 0 Å². The molecule has 0 spiro atoms. The lowest BCUT2D eigenvalue weighted by Gasteiger charge is -2.17. The highest BCUT2D eigenvalue weighted by molar-refractivity contribution is 6.30. The number of nitrogens with one attached hydrogen (secondary N) is 1. The summed E-state index contributed by atoms with van der Waals surface area (Å²) >= 11 is 5.96. The van der Waals surface area contributed by atoms with Gasteiger partial charge in [-0.05, 0) is 18.2 Å². The van der Waals surface area contributed by atoms with Crippen molar-refractivity contribution in [2.45, 2.75) is 13.0 Å². The van der Waals surface area contributed by atoms with E-state index in [0.717, 1.165) is 5.69 Å². The Hall–Kier alpha value is -2.34. The van der Waals surface area contributed by atoms with Crippen LogP contribution < -0.4 is 10.2 Å². The molecule has 2 heterocycles. The molecule has 0 bridgehead atoms. The summed E-state index contributed by atoms with van der Waals surface area (Å²) in [6.45, 7) is 1.55. The molecule has 0 saturated carbocycles. The molecule has 1 aromatic heterocycles. The lowest BCUT2D eigenvalue weighted by atomic mass is 10.1. The Bertz CT molecular complexity index is 702. The van der Waals surface area contributed by atoms with Crippen LogP contribution >= 0.6 is 11.6 Å². The summed E-state index contributed by atoms with van der Waals surface area (Å²) in [5, 5.41) is 3.45. The molecule has 120 valence electrons. The van der Waals surface area contributed by atoms with Crippen molar-refractivity contribution in [2.75, 3.05) is 18.0 Å². The van der Waals surface area contributed by atoms with E-state index in [0.29, 0.717) is 24.7 Å². The first-order valence-corrected chi connectivity index (χ1v) is 7.80. The highest BCUT2D eigenvalue weighted by Crippen LogP contribution is 2.27. The maximum absolute atomic E-state index is 12.2. The van der Waals surface area contributed by atoms with E-state index < -0.39 is 0 Å². The molecule has 6 nitrogen and oxygen atoms in total. The maximum atomic E-state index is 12.2. The normalized spacial score (nSPS) is 17.5. The van der Waals surface area contributed by atoms with E-state index in [1.54, 1.807) is 35.6 Å². The van der Waals surface area contributed by atoms with Gasteiger partial charge in [0.15, 0.2) is 0 Å². The fourth-order valence-corrected chi connectivity index (χ4v) is 2.83. The molecule has 0 unspecified atom stereocenters. The molecule has 1 aliphatic heterocycles. The molecule has 2 amide bonds. The number of benzene rings is 1. The molecule has 23 heavy (non-hydrogen) atoms. The van der Waals surface area contributed by atoms with E-state index in [-0.39, 0.29) is 24.2 Å². The van der Waals surface area contributed by atoms with Crippen LogP contribution in [-0.2, 0) is 16.1 Å². The van der Waals surface area contributed by atoms with E-state index in [2.05, 4.69) is 10.3 Å². The summed E-state index contributed by atoms with van der Waals surface area (Å²) in [6, 6.07) is 7.11. The highest BCUT2D eigenvalue weighted by Gasteiger charge is 2.34. The van der Waals surface area contributed by atoms with Crippen molar-refractivity contribution in [3.63, 3.8) is 0 Å². The van der Waals surface area contributed by atoms with Crippen molar-refractivity contribution < 1.29 is 9.59 Å². The van der Waals surface area contributed by atoms with Gasteiger partial charge in [-0.1, -0.05) is 17.7 Å². The molecule has 2 aromatic rings. The van der Waals surface area contributed by atoms with Crippen LogP contribution in [-0.4, -0.2) is 34.5 Å². The standard InChI is InChI=1S/C16H17ClN4O2/c17-13-2-1-3-14(9-13)21-10-12(8-15(21)22)16(23)19-5-7-20-6-4-18-11-20/h1-4,6,9,11-12H,5,7-8,10H2,(H,19,23)/t12-/m0/s1. The van der Waals surface area contributed by atoms with Gasteiger partial charge in [0.1, 0.15) is 0 Å². The third-order valence-corrected chi connectivity index (χ3v) is 4.08. The predicted molar refractivity (Wildman–Crippen MR) is 87.1 cm³/mol. The van der Waals surface area contributed by atoms with Crippen LogP contribution in [0, 0.1) is 5.92 Å². The molecule has 3 rings (SSSR count). The van der Waals surface area contributed by atoms with Crippen molar-refractivity contribution in [3.8, 4) is 0 Å². The summed E-state index contributed by atoms with van der Waals surface area (Å²) in [6.07, 6.45) is 5.46. The van der Waals surface area contributed by atoms with Gasteiger partial charge in [0.05, 0.1) is 12.2 Å². The first-order chi connectivity index (χ1) is 11.1. The smallest absolute Gasteiger partial charge is 0.227 e. The number of carbonyl (C=O) groups is 2. The van der Waals surface area contributed by atoms with Gasteiger partial charge in [0, 0.05) is 49.2 Å². The molecule has 0 aliphatic carbocycles. The molecule has 0 radical (unpaired) electrons. The number of amides is 2. The highest BCUT2D eigenvalue weighted by atomic mass is 35.5. The Morgan fingerprint density at radius 2 is 2.30 bits per heavy atom. The van der Waals surface area contributed by atoms with Gasteiger partial charge in [-0.3, -0.25) is 9.59 Å². The molecule has 1 aromatic carbocycles. The quantitative estimate of drug-likeness (QED) is 0.906. The van der Waals surface area contributed by atoms with Gasteiger partial charge in [-0.15, -0.1) is 0 Å². The largest absolute Gasteiger partial charge is 0.354 e. The number of nitrogens with zero attached hydrogens (tertiary/aromatic N) is 3. The minimum absolute atomic E-state index is 0.0537. The molecule has 1 N–H and O–H groups in total. The molecule has 1 saturated heterocycles. The third kappa shape index (κ3) is 3.71. The van der Waals surface area contributed by atoms with Crippen molar-refractivity contribution in [2.24, 2.45) is 5.92 Å². The summed E-state index contributed by atoms with van der Waals surface area (Å²) < 4.78 is 1.89. The van der Waals surface area contributed by atoms with Crippen molar-refractivity contribution in [1.82, 2.24) is 14.9 Å². The second-order valence-corrected chi connectivity index (χ2v) is 5.91. The summed E-state index contributed by atoms with van der Waals surface area (Å²) in [5.74, 6) is -0.478. The molecular formula is C16H17ClN4O2. The number of anilines is 1. The molecule has 1 atom stereocenters. The number of imidazole rings is 1. The third-order valence-electron chi connectivity index (χ3n) is 3.84. The zero-order valence-electron chi connectivity index (χ0n) is 12.5. The Morgan fingerprint density at radius 3 is 3.04 bits per heavy atom.